The van der Waals surface area contributed by atoms with Crippen molar-refractivity contribution < 1.29 is 14.2 Å². The van der Waals surface area contributed by atoms with Crippen molar-refractivity contribution in [3.05, 3.63) is 0 Å². The molecule has 2 rings (SSSR count). The van der Waals surface area contributed by atoms with E-state index in [1.807, 2.05) is 0 Å². The first-order valence-electron chi connectivity index (χ1n) is 7.98. The fourth-order valence-electron chi connectivity index (χ4n) is 2.22. The molecule has 0 amide bonds. The Morgan fingerprint density at radius 3 is 2.48 bits per heavy atom. The molecule has 0 atom stereocenters. The van der Waals surface area contributed by atoms with Crippen molar-refractivity contribution >= 4 is 11.9 Å². The Bertz CT molecular complexity index is 456. The molecule has 3 N–H and O–H groups in total. The molecule has 1 fully saturated rings. The summed E-state index contributed by atoms with van der Waals surface area (Å²) in [5.41, 5.74) is 5.33. The fraction of sp³-hybridized carbons (Fsp3) is 0.786. The summed E-state index contributed by atoms with van der Waals surface area (Å²) >= 11 is 0. The number of nitrogens with one attached hydrogen (secondary N) is 1. The normalized spacial score (nSPS) is 14.3. The third-order valence-corrected chi connectivity index (χ3v) is 3.34. The maximum atomic E-state index is 5.45. The molecule has 1 saturated heterocycles. The van der Waals surface area contributed by atoms with Crippen molar-refractivity contribution in [2.45, 2.75) is 12.8 Å². The van der Waals surface area contributed by atoms with Crippen molar-refractivity contribution in [3.8, 4) is 6.01 Å². The molecule has 1 aromatic heterocycles. The van der Waals surface area contributed by atoms with E-state index in [0.29, 0.717) is 57.4 Å². The fourth-order valence-corrected chi connectivity index (χ4v) is 2.22. The zero-order valence-electron chi connectivity index (χ0n) is 13.7. The Hall–Kier alpha value is -1.71. The van der Waals surface area contributed by atoms with E-state index in [4.69, 9.17) is 19.9 Å². The summed E-state index contributed by atoms with van der Waals surface area (Å²) in [4.78, 5) is 15.1. The van der Waals surface area contributed by atoms with Gasteiger partial charge in [0.1, 0.15) is 0 Å². The Labute approximate surface area is 136 Å². The van der Waals surface area contributed by atoms with Gasteiger partial charge in [0.2, 0.25) is 11.9 Å². The van der Waals surface area contributed by atoms with Crippen molar-refractivity contribution in [2.24, 2.45) is 5.73 Å². The third-order valence-electron chi connectivity index (χ3n) is 3.34. The lowest BCUT2D eigenvalue weighted by atomic mass is 10.4. The summed E-state index contributed by atoms with van der Waals surface area (Å²) in [6.07, 6.45) is 2.33. The maximum absolute atomic E-state index is 5.45. The number of nitrogens with two attached hydrogens (primary N) is 1. The predicted molar refractivity (Wildman–Crippen MR) is 87.0 cm³/mol. The molecule has 2 heterocycles. The van der Waals surface area contributed by atoms with Crippen LogP contribution in [0.2, 0.25) is 0 Å². The molecule has 0 unspecified atom stereocenters. The second-order valence-electron chi connectivity index (χ2n) is 5.08. The molecule has 0 bridgehead atoms. The maximum Gasteiger partial charge on any atom is 0.322 e. The minimum Gasteiger partial charge on any atom is -0.467 e. The average Bonchev–Trinajstić information content (AvgIpc) is 3.11. The van der Waals surface area contributed by atoms with Crippen LogP contribution in [0.4, 0.5) is 11.9 Å². The van der Waals surface area contributed by atoms with E-state index in [9.17, 15) is 0 Å². The quantitative estimate of drug-likeness (QED) is 0.538. The predicted octanol–water partition coefficient (Wildman–Crippen LogP) is -0.116. The van der Waals surface area contributed by atoms with E-state index in [-0.39, 0.29) is 0 Å². The van der Waals surface area contributed by atoms with Crippen LogP contribution in [-0.2, 0) is 9.47 Å². The van der Waals surface area contributed by atoms with Gasteiger partial charge in [0.25, 0.3) is 0 Å². The summed E-state index contributed by atoms with van der Waals surface area (Å²) in [6, 6.07) is 0.320. The summed E-state index contributed by atoms with van der Waals surface area (Å²) in [5, 5.41) is 3.13. The van der Waals surface area contributed by atoms with Crippen LogP contribution in [0.5, 0.6) is 6.01 Å². The van der Waals surface area contributed by atoms with E-state index in [1.165, 1.54) is 0 Å². The first kappa shape index (κ1) is 17.6. The lowest BCUT2D eigenvalue weighted by Gasteiger charge is -2.16. The van der Waals surface area contributed by atoms with Crippen LogP contribution in [0.15, 0.2) is 0 Å². The molecule has 0 spiro atoms. The van der Waals surface area contributed by atoms with Gasteiger partial charge in [-0.1, -0.05) is 0 Å². The van der Waals surface area contributed by atoms with E-state index in [1.54, 1.807) is 7.11 Å². The zero-order valence-corrected chi connectivity index (χ0v) is 13.7. The van der Waals surface area contributed by atoms with E-state index < -0.39 is 0 Å². The second kappa shape index (κ2) is 10.1. The van der Waals surface area contributed by atoms with Crippen LogP contribution < -0.4 is 20.7 Å². The van der Waals surface area contributed by atoms with Crippen LogP contribution in [0.3, 0.4) is 0 Å². The standard InChI is InChI=1S/C14H26N6O3/c1-21-14-18-12(16-5-9-23-11-10-22-8-4-15)17-13(19-14)20-6-2-3-7-20/h2-11,15H2,1H3,(H,16,17,18,19). The van der Waals surface area contributed by atoms with Crippen molar-refractivity contribution in [3.63, 3.8) is 0 Å². The molecule has 9 heteroatoms. The van der Waals surface area contributed by atoms with E-state index in [2.05, 4.69) is 25.2 Å². The number of methoxy groups -OCH3 is 1. The Morgan fingerprint density at radius 1 is 1.04 bits per heavy atom. The number of hydrogen-bond donors (Lipinski definition) is 2. The minimum atomic E-state index is 0.320. The van der Waals surface area contributed by atoms with Gasteiger partial charge in [-0.15, -0.1) is 0 Å². The van der Waals surface area contributed by atoms with Crippen LogP contribution in [-0.4, -0.2) is 74.7 Å². The first-order valence-corrected chi connectivity index (χ1v) is 7.98. The Morgan fingerprint density at radius 2 is 1.78 bits per heavy atom. The lowest BCUT2D eigenvalue weighted by molar-refractivity contribution is 0.0547. The molecule has 0 saturated carbocycles. The SMILES string of the molecule is COc1nc(NCCOCCOCCN)nc(N2CCCC2)n1. The molecule has 0 aromatic carbocycles. The second-order valence-corrected chi connectivity index (χ2v) is 5.08. The summed E-state index contributed by atoms with van der Waals surface area (Å²) < 4.78 is 15.8. The number of aromatic nitrogens is 3. The van der Waals surface area contributed by atoms with Gasteiger partial charge in [0, 0.05) is 26.2 Å². The van der Waals surface area contributed by atoms with E-state index >= 15 is 0 Å². The first-order chi connectivity index (χ1) is 11.3. The highest BCUT2D eigenvalue weighted by Crippen LogP contribution is 2.19. The van der Waals surface area contributed by atoms with Crippen molar-refractivity contribution in [1.29, 1.82) is 0 Å². The van der Waals surface area contributed by atoms with Gasteiger partial charge in [-0.05, 0) is 12.8 Å². The topological polar surface area (TPSA) is 108 Å². The number of anilines is 2. The number of hydrogen-bond acceptors (Lipinski definition) is 9. The number of rotatable bonds is 11. The largest absolute Gasteiger partial charge is 0.467 e. The van der Waals surface area contributed by atoms with Gasteiger partial charge in [-0.25, -0.2) is 0 Å². The number of ether oxygens (including phenoxy) is 3. The van der Waals surface area contributed by atoms with E-state index in [0.717, 1.165) is 25.9 Å². The highest BCUT2D eigenvalue weighted by molar-refractivity contribution is 5.39. The highest BCUT2D eigenvalue weighted by atomic mass is 16.5. The van der Waals surface area contributed by atoms with Crippen molar-refractivity contribution in [2.75, 3.05) is 69.9 Å². The molecule has 1 aliphatic rings. The monoisotopic (exact) mass is 326 g/mol. The minimum absolute atomic E-state index is 0.320. The highest BCUT2D eigenvalue weighted by Gasteiger charge is 2.17. The molecular weight excluding hydrogens is 300 g/mol. The zero-order chi connectivity index (χ0) is 16.3. The number of nitrogens with zero attached hydrogens (tertiary/aromatic N) is 4. The molecule has 0 radical (unpaired) electrons. The molecule has 9 nitrogen and oxygen atoms in total. The molecule has 1 aromatic rings. The molecule has 23 heavy (non-hydrogen) atoms. The third kappa shape index (κ3) is 6.12. The van der Waals surface area contributed by atoms with Crippen LogP contribution in [0.1, 0.15) is 12.8 Å². The van der Waals surface area contributed by atoms with Gasteiger partial charge in [0.15, 0.2) is 0 Å². The van der Waals surface area contributed by atoms with Gasteiger partial charge < -0.3 is 30.2 Å². The van der Waals surface area contributed by atoms with Crippen LogP contribution in [0, 0.1) is 0 Å². The summed E-state index contributed by atoms with van der Waals surface area (Å²) in [5.74, 6) is 1.16. The molecule has 1 aliphatic heterocycles. The Kier molecular flexibility index (Phi) is 7.78. The molecule has 130 valence electrons. The average molecular weight is 326 g/mol. The van der Waals surface area contributed by atoms with Gasteiger partial charge in [0.05, 0.1) is 33.5 Å². The van der Waals surface area contributed by atoms with Crippen molar-refractivity contribution in [1.82, 2.24) is 15.0 Å². The summed E-state index contributed by atoms with van der Waals surface area (Å²) in [7, 11) is 1.55. The van der Waals surface area contributed by atoms with Crippen LogP contribution >= 0.6 is 0 Å². The van der Waals surface area contributed by atoms with Crippen LogP contribution in [0.25, 0.3) is 0 Å². The lowest BCUT2D eigenvalue weighted by Crippen LogP contribution is -2.22. The molecular formula is C14H26N6O3. The van der Waals surface area contributed by atoms with Gasteiger partial charge >= 0.3 is 6.01 Å². The van der Waals surface area contributed by atoms with Gasteiger partial charge in [-0.3, -0.25) is 0 Å². The molecule has 0 aliphatic carbocycles. The Balaban J connectivity index is 1.74. The van der Waals surface area contributed by atoms with Gasteiger partial charge in [-0.2, -0.15) is 15.0 Å². The summed E-state index contributed by atoms with van der Waals surface area (Å²) in [6.45, 7) is 5.27. The smallest absolute Gasteiger partial charge is 0.322 e.